The average Bonchev–Trinajstić information content (AvgIpc) is 3.06. The van der Waals surface area contributed by atoms with Crippen LogP contribution in [-0.4, -0.2) is 47.7 Å². The maximum Gasteiger partial charge on any atom is 0.408 e. The van der Waals surface area contributed by atoms with Gasteiger partial charge in [0.15, 0.2) is 0 Å². The van der Waals surface area contributed by atoms with Crippen molar-refractivity contribution in [2.24, 2.45) is 5.92 Å². The molecule has 1 heterocycles. The van der Waals surface area contributed by atoms with Crippen molar-refractivity contribution in [3.05, 3.63) is 36.0 Å². The molecule has 1 aromatic carbocycles. The molecule has 2 rings (SSSR count). The molecule has 0 saturated carbocycles. The lowest BCUT2D eigenvalue weighted by molar-refractivity contribution is -0.145. The first-order chi connectivity index (χ1) is 14.0. The van der Waals surface area contributed by atoms with Crippen LogP contribution in [0.3, 0.4) is 0 Å². The zero-order valence-corrected chi connectivity index (χ0v) is 18.4. The molecular formula is C22H31N3O5. The maximum absolute atomic E-state index is 12.9. The van der Waals surface area contributed by atoms with E-state index in [1.807, 2.05) is 30.5 Å². The minimum atomic E-state index is -0.900. The number of carbonyl (C=O) groups excluding carboxylic acids is 3. The lowest BCUT2D eigenvalue weighted by Gasteiger charge is -2.26. The van der Waals surface area contributed by atoms with Crippen molar-refractivity contribution in [1.82, 2.24) is 15.6 Å². The van der Waals surface area contributed by atoms with Crippen LogP contribution in [0.25, 0.3) is 10.9 Å². The van der Waals surface area contributed by atoms with Gasteiger partial charge in [0, 0.05) is 23.5 Å². The number of alkyl carbamates (subject to hydrolysis) is 1. The van der Waals surface area contributed by atoms with Crippen molar-refractivity contribution < 1.29 is 23.9 Å². The van der Waals surface area contributed by atoms with Gasteiger partial charge in [0.25, 0.3) is 0 Å². The van der Waals surface area contributed by atoms with Gasteiger partial charge in [-0.25, -0.2) is 9.59 Å². The SMILES string of the molecule is COC(=O)C(Cc1c[nH]c2ccccc12)NC(=O)C(NC(=O)OC(C)(C)C)C(C)C. The van der Waals surface area contributed by atoms with Gasteiger partial charge < -0.3 is 25.1 Å². The summed E-state index contributed by atoms with van der Waals surface area (Å²) in [6.07, 6.45) is 1.37. The minimum Gasteiger partial charge on any atom is -0.467 e. The molecule has 2 atom stereocenters. The number of hydrogen-bond donors (Lipinski definition) is 3. The first-order valence-electron chi connectivity index (χ1n) is 9.94. The molecule has 8 heteroatoms. The molecule has 3 N–H and O–H groups in total. The highest BCUT2D eigenvalue weighted by Crippen LogP contribution is 2.19. The van der Waals surface area contributed by atoms with E-state index in [1.54, 1.807) is 34.6 Å². The molecule has 0 aliphatic heterocycles. The molecule has 2 amide bonds. The molecule has 0 aliphatic carbocycles. The van der Waals surface area contributed by atoms with Crippen molar-refractivity contribution in [1.29, 1.82) is 0 Å². The summed E-state index contributed by atoms with van der Waals surface area (Å²) in [6.45, 7) is 8.82. The number of ether oxygens (including phenoxy) is 2. The number of nitrogens with one attached hydrogen (secondary N) is 3. The van der Waals surface area contributed by atoms with Gasteiger partial charge in [0.2, 0.25) is 5.91 Å². The molecule has 1 aromatic heterocycles. The Morgan fingerprint density at radius 2 is 1.77 bits per heavy atom. The molecule has 0 fully saturated rings. The summed E-state index contributed by atoms with van der Waals surface area (Å²) in [5, 5.41) is 6.28. The second-order valence-corrected chi connectivity index (χ2v) is 8.52. The van der Waals surface area contributed by atoms with Gasteiger partial charge in [-0.2, -0.15) is 0 Å². The van der Waals surface area contributed by atoms with Crippen molar-refractivity contribution in [3.63, 3.8) is 0 Å². The molecule has 8 nitrogen and oxygen atoms in total. The number of amides is 2. The van der Waals surface area contributed by atoms with Crippen LogP contribution >= 0.6 is 0 Å². The van der Waals surface area contributed by atoms with E-state index in [-0.39, 0.29) is 12.3 Å². The third-order valence-electron chi connectivity index (χ3n) is 4.52. The molecule has 164 valence electrons. The Hall–Kier alpha value is -3.03. The average molecular weight is 418 g/mol. The summed E-state index contributed by atoms with van der Waals surface area (Å²) in [6, 6.07) is 5.93. The standard InChI is InChI=1S/C22H31N3O5/c1-13(2)18(25-21(28)30-22(3,4)5)19(26)24-17(20(27)29-6)11-14-12-23-16-10-8-7-9-15(14)16/h7-10,12-13,17-18,23H,11H2,1-6H3,(H,24,26)(H,25,28). The number of rotatable bonds is 7. The molecule has 0 aliphatic rings. The Kier molecular flexibility index (Phi) is 7.48. The number of aromatic nitrogens is 1. The van der Waals surface area contributed by atoms with Crippen molar-refractivity contribution in [3.8, 4) is 0 Å². The Morgan fingerprint density at radius 1 is 1.10 bits per heavy atom. The van der Waals surface area contributed by atoms with Crippen LogP contribution in [0.1, 0.15) is 40.2 Å². The van der Waals surface area contributed by atoms with Gasteiger partial charge in [-0.05, 0) is 38.3 Å². The Bertz CT molecular complexity index is 898. The highest BCUT2D eigenvalue weighted by molar-refractivity contribution is 5.91. The van der Waals surface area contributed by atoms with Crippen LogP contribution in [-0.2, 0) is 25.5 Å². The maximum atomic E-state index is 12.9. The van der Waals surface area contributed by atoms with Crippen molar-refractivity contribution >= 4 is 28.9 Å². The zero-order chi connectivity index (χ0) is 22.5. The molecule has 0 radical (unpaired) electrons. The molecule has 30 heavy (non-hydrogen) atoms. The number of benzene rings is 1. The summed E-state index contributed by atoms with van der Waals surface area (Å²) >= 11 is 0. The number of methoxy groups -OCH3 is 1. The third-order valence-corrected chi connectivity index (χ3v) is 4.52. The van der Waals surface area contributed by atoms with Gasteiger partial charge >= 0.3 is 12.1 Å². The second kappa shape index (κ2) is 9.65. The highest BCUT2D eigenvalue weighted by atomic mass is 16.6. The molecule has 2 aromatic rings. The lowest BCUT2D eigenvalue weighted by atomic mass is 10.0. The second-order valence-electron chi connectivity index (χ2n) is 8.52. The Labute approximate surface area is 176 Å². The molecule has 0 spiro atoms. The smallest absolute Gasteiger partial charge is 0.408 e. The first kappa shape index (κ1) is 23.3. The largest absolute Gasteiger partial charge is 0.467 e. The van der Waals surface area contributed by atoms with E-state index in [9.17, 15) is 14.4 Å². The number of esters is 1. The predicted molar refractivity (Wildman–Crippen MR) is 114 cm³/mol. The zero-order valence-electron chi connectivity index (χ0n) is 18.4. The van der Waals surface area contributed by atoms with Crippen LogP contribution in [0, 0.1) is 5.92 Å². The van der Waals surface area contributed by atoms with Crippen molar-refractivity contribution in [2.45, 2.75) is 58.7 Å². The van der Waals surface area contributed by atoms with Crippen LogP contribution in [0.2, 0.25) is 0 Å². The fourth-order valence-corrected chi connectivity index (χ4v) is 3.09. The molecular weight excluding hydrogens is 386 g/mol. The first-order valence-corrected chi connectivity index (χ1v) is 9.94. The van der Waals surface area contributed by atoms with Gasteiger partial charge in [0.1, 0.15) is 17.7 Å². The quantitative estimate of drug-likeness (QED) is 0.600. The summed E-state index contributed by atoms with van der Waals surface area (Å²) in [5.74, 6) is -1.26. The Morgan fingerprint density at radius 3 is 2.37 bits per heavy atom. The number of para-hydroxylation sites is 1. The van der Waals surface area contributed by atoms with Crippen LogP contribution < -0.4 is 10.6 Å². The number of fused-ring (bicyclic) bond motifs is 1. The third kappa shape index (κ3) is 6.23. The summed E-state index contributed by atoms with van der Waals surface area (Å²) in [7, 11) is 1.27. The van der Waals surface area contributed by atoms with Crippen LogP contribution in [0.4, 0.5) is 4.79 Å². The normalized spacial score (nSPS) is 13.6. The van der Waals surface area contributed by atoms with Crippen LogP contribution in [0.5, 0.6) is 0 Å². The van der Waals surface area contributed by atoms with E-state index in [0.29, 0.717) is 0 Å². The number of aromatic amines is 1. The molecule has 0 bridgehead atoms. The van der Waals surface area contributed by atoms with E-state index in [2.05, 4.69) is 15.6 Å². The highest BCUT2D eigenvalue weighted by Gasteiger charge is 2.31. The predicted octanol–water partition coefficient (Wildman–Crippen LogP) is 2.92. The topological polar surface area (TPSA) is 110 Å². The number of H-pyrrole nitrogens is 1. The fraction of sp³-hybridized carbons (Fsp3) is 0.500. The van der Waals surface area contributed by atoms with E-state index < -0.39 is 35.7 Å². The van der Waals surface area contributed by atoms with E-state index in [0.717, 1.165) is 16.5 Å². The van der Waals surface area contributed by atoms with Gasteiger partial charge in [0.05, 0.1) is 7.11 Å². The lowest BCUT2D eigenvalue weighted by Crippen LogP contribution is -2.55. The van der Waals surface area contributed by atoms with Gasteiger partial charge in [-0.1, -0.05) is 32.0 Å². The van der Waals surface area contributed by atoms with E-state index >= 15 is 0 Å². The molecule has 0 saturated heterocycles. The van der Waals surface area contributed by atoms with E-state index in [4.69, 9.17) is 9.47 Å². The van der Waals surface area contributed by atoms with Gasteiger partial charge in [-0.15, -0.1) is 0 Å². The Balaban J connectivity index is 2.16. The van der Waals surface area contributed by atoms with E-state index in [1.165, 1.54) is 7.11 Å². The number of hydrogen-bond acceptors (Lipinski definition) is 5. The van der Waals surface area contributed by atoms with Gasteiger partial charge in [-0.3, -0.25) is 4.79 Å². The summed E-state index contributed by atoms with van der Waals surface area (Å²) < 4.78 is 10.1. The molecule has 2 unspecified atom stereocenters. The summed E-state index contributed by atoms with van der Waals surface area (Å²) in [5.41, 5.74) is 1.13. The van der Waals surface area contributed by atoms with Crippen molar-refractivity contribution in [2.75, 3.05) is 7.11 Å². The summed E-state index contributed by atoms with van der Waals surface area (Å²) in [4.78, 5) is 40.6. The fourth-order valence-electron chi connectivity index (χ4n) is 3.09. The minimum absolute atomic E-state index is 0.219. The van der Waals surface area contributed by atoms with Crippen LogP contribution in [0.15, 0.2) is 30.5 Å². The number of carbonyl (C=O) groups is 3. The monoisotopic (exact) mass is 417 g/mol.